The standard InChI is InChI=1S/C7H14N2O5/c1-13-3-9(4-14-2)6(11)5(10)8-7(9)12/h5-6,10-11H,3-4H2,1-2H3/p+1. The first-order valence-electron chi connectivity index (χ1n) is 4.10. The van der Waals surface area contributed by atoms with Crippen molar-refractivity contribution in [2.24, 2.45) is 0 Å². The first-order chi connectivity index (χ1) is 6.58. The molecule has 0 spiro atoms. The van der Waals surface area contributed by atoms with Crippen LogP contribution in [0.25, 0.3) is 0 Å². The van der Waals surface area contributed by atoms with E-state index in [4.69, 9.17) is 9.47 Å². The Balaban J connectivity index is 2.88. The van der Waals surface area contributed by atoms with Crippen molar-refractivity contribution in [2.75, 3.05) is 27.7 Å². The number of hydrogen-bond acceptors (Lipinski definition) is 5. The maximum Gasteiger partial charge on any atom is 0.425 e. The first-order valence-corrected chi connectivity index (χ1v) is 4.10. The molecule has 0 aromatic heterocycles. The van der Waals surface area contributed by atoms with Crippen molar-refractivity contribution in [1.82, 2.24) is 5.32 Å². The number of ether oxygens (including phenoxy) is 2. The Morgan fingerprint density at radius 3 is 2.14 bits per heavy atom. The highest BCUT2D eigenvalue weighted by Crippen LogP contribution is 2.21. The van der Waals surface area contributed by atoms with Gasteiger partial charge in [-0.1, -0.05) is 0 Å². The molecule has 14 heavy (non-hydrogen) atoms. The van der Waals surface area contributed by atoms with Crippen LogP contribution in [-0.4, -0.2) is 60.9 Å². The van der Waals surface area contributed by atoms with E-state index in [9.17, 15) is 15.0 Å². The molecule has 2 atom stereocenters. The van der Waals surface area contributed by atoms with E-state index in [1.165, 1.54) is 14.2 Å². The Labute approximate surface area is 81.4 Å². The molecule has 0 radical (unpaired) electrons. The van der Waals surface area contributed by atoms with Gasteiger partial charge in [-0.15, -0.1) is 0 Å². The monoisotopic (exact) mass is 207 g/mol. The van der Waals surface area contributed by atoms with Gasteiger partial charge in [0.25, 0.3) is 0 Å². The summed E-state index contributed by atoms with van der Waals surface area (Å²) in [6.07, 6.45) is -2.56. The van der Waals surface area contributed by atoms with Gasteiger partial charge in [0.15, 0.2) is 13.5 Å². The van der Waals surface area contributed by atoms with Crippen molar-refractivity contribution >= 4 is 6.03 Å². The van der Waals surface area contributed by atoms with Crippen molar-refractivity contribution < 1.29 is 29.0 Å². The minimum atomic E-state index is -1.28. The zero-order chi connectivity index (χ0) is 10.8. The Morgan fingerprint density at radius 2 is 1.86 bits per heavy atom. The van der Waals surface area contributed by atoms with Gasteiger partial charge in [-0.25, -0.2) is 4.79 Å². The maximum atomic E-state index is 11.5. The third-order valence-electron chi connectivity index (χ3n) is 2.18. The molecular formula is C7H15N2O5+. The highest BCUT2D eigenvalue weighted by Gasteiger charge is 2.55. The summed E-state index contributed by atoms with van der Waals surface area (Å²) < 4.78 is 9.17. The quantitative estimate of drug-likeness (QED) is 0.482. The van der Waals surface area contributed by atoms with Gasteiger partial charge in [-0.2, -0.15) is 4.48 Å². The molecule has 82 valence electrons. The Morgan fingerprint density at radius 1 is 1.36 bits per heavy atom. The molecule has 0 aromatic rings. The van der Waals surface area contributed by atoms with E-state index in [1.807, 2.05) is 0 Å². The summed E-state index contributed by atoms with van der Waals surface area (Å²) >= 11 is 0. The molecular weight excluding hydrogens is 192 g/mol. The van der Waals surface area contributed by atoms with Gasteiger partial charge in [-0.3, -0.25) is 5.32 Å². The van der Waals surface area contributed by atoms with Crippen molar-refractivity contribution in [2.45, 2.75) is 12.5 Å². The maximum absolute atomic E-state index is 11.5. The van der Waals surface area contributed by atoms with Gasteiger partial charge in [0, 0.05) is 14.2 Å². The summed E-state index contributed by atoms with van der Waals surface area (Å²) in [5.74, 6) is 0. The summed E-state index contributed by atoms with van der Waals surface area (Å²) in [7, 11) is 2.81. The number of aliphatic hydroxyl groups is 2. The molecule has 7 nitrogen and oxygen atoms in total. The van der Waals surface area contributed by atoms with Crippen LogP contribution < -0.4 is 5.32 Å². The van der Waals surface area contributed by atoms with Crippen LogP contribution in [-0.2, 0) is 9.47 Å². The number of methoxy groups -OCH3 is 2. The molecule has 1 fully saturated rings. The molecule has 1 saturated heterocycles. The van der Waals surface area contributed by atoms with E-state index in [1.54, 1.807) is 0 Å². The number of hydrogen-bond donors (Lipinski definition) is 3. The number of rotatable bonds is 4. The fraction of sp³-hybridized carbons (Fsp3) is 0.857. The molecule has 0 aromatic carbocycles. The normalized spacial score (nSPS) is 30.4. The van der Waals surface area contributed by atoms with Crippen molar-refractivity contribution in [3.8, 4) is 0 Å². The highest BCUT2D eigenvalue weighted by molar-refractivity contribution is 5.69. The summed E-state index contributed by atoms with van der Waals surface area (Å²) in [5.41, 5.74) is 0. The van der Waals surface area contributed by atoms with E-state index >= 15 is 0 Å². The van der Waals surface area contributed by atoms with Crippen LogP contribution in [0.2, 0.25) is 0 Å². The van der Waals surface area contributed by atoms with E-state index in [0.29, 0.717) is 0 Å². The minimum Gasteiger partial charge on any atom is -0.366 e. The molecule has 0 bridgehead atoms. The van der Waals surface area contributed by atoms with E-state index in [2.05, 4.69) is 5.32 Å². The SMILES string of the molecule is COC[N+]1(COC)C(=O)NC(O)C1O. The number of quaternary nitrogens is 1. The van der Waals surface area contributed by atoms with Crippen molar-refractivity contribution in [1.29, 1.82) is 0 Å². The molecule has 1 aliphatic rings. The van der Waals surface area contributed by atoms with Crippen molar-refractivity contribution in [3.05, 3.63) is 0 Å². The lowest BCUT2D eigenvalue weighted by molar-refractivity contribution is -0.926. The van der Waals surface area contributed by atoms with Crippen LogP contribution in [0.3, 0.4) is 0 Å². The number of aliphatic hydroxyl groups excluding tert-OH is 2. The first kappa shape index (κ1) is 11.3. The lowest BCUT2D eigenvalue weighted by Crippen LogP contribution is -2.58. The lowest BCUT2D eigenvalue weighted by Gasteiger charge is -2.30. The molecule has 0 aliphatic carbocycles. The van der Waals surface area contributed by atoms with Crippen LogP contribution in [0, 0.1) is 0 Å². The predicted octanol–water partition coefficient (Wildman–Crippen LogP) is -1.63. The van der Waals surface area contributed by atoms with E-state index < -0.39 is 23.0 Å². The molecule has 1 heterocycles. The average molecular weight is 207 g/mol. The van der Waals surface area contributed by atoms with Crippen LogP contribution in [0.15, 0.2) is 0 Å². The highest BCUT2D eigenvalue weighted by atomic mass is 16.5. The third-order valence-corrected chi connectivity index (χ3v) is 2.18. The van der Waals surface area contributed by atoms with Crippen LogP contribution in [0.4, 0.5) is 4.79 Å². The average Bonchev–Trinajstić information content (AvgIpc) is 2.33. The van der Waals surface area contributed by atoms with Gasteiger partial charge < -0.3 is 19.7 Å². The minimum absolute atomic E-state index is 0.0576. The number of amides is 2. The summed E-state index contributed by atoms with van der Waals surface area (Å²) in [4.78, 5) is 11.5. The fourth-order valence-corrected chi connectivity index (χ4v) is 1.49. The summed E-state index contributed by atoms with van der Waals surface area (Å²) in [5, 5.41) is 21.1. The second-order valence-electron chi connectivity index (χ2n) is 3.18. The second-order valence-corrected chi connectivity index (χ2v) is 3.18. The van der Waals surface area contributed by atoms with Crippen LogP contribution in [0.5, 0.6) is 0 Å². The smallest absolute Gasteiger partial charge is 0.366 e. The summed E-state index contributed by atoms with van der Waals surface area (Å²) in [6, 6.07) is -0.520. The van der Waals surface area contributed by atoms with E-state index in [0.717, 1.165) is 0 Å². The number of urea groups is 1. The second kappa shape index (κ2) is 4.20. The Kier molecular flexibility index (Phi) is 3.40. The van der Waals surface area contributed by atoms with Gasteiger partial charge in [0.1, 0.15) is 0 Å². The molecule has 0 saturated carbocycles. The number of carbonyl (C=O) groups excluding carboxylic acids is 1. The topological polar surface area (TPSA) is 88.0 Å². The zero-order valence-corrected chi connectivity index (χ0v) is 8.14. The summed E-state index contributed by atoms with van der Waals surface area (Å²) in [6.45, 7) is -0.115. The molecule has 7 heteroatoms. The van der Waals surface area contributed by atoms with Crippen molar-refractivity contribution in [3.63, 3.8) is 0 Å². The van der Waals surface area contributed by atoms with Gasteiger partial charge in [-0.05, 0) is 0 Å². The van der Waals surface area contributed by atoms with Crippen LogP contribution in [0.1, 0.15) is 0 Å². The van der Waals surface area contributed by atoms with Gasteiger partial charge in [0.2, 0.25) is 12.5 Å². The number of nitrogens with one attached hydrogen (secondary N) is 1. The number of nitrogens with zero attached hydrogens (tertiary/aromatic N) is 1. The number of carbonyl (C=O) groups is 1. The third kappa shape index (κ3) is 1.60. The Hall–Kier alpha value is -0.730. The largest absolute Gasteiger partial charge is 0.425 e. The lowest BCUT2D eigenvalue weighted by atomic mass is 10.4. The molecule has 1 rings (SSSR count). The molecule has 2 amide bonds. The molecule has 1 aliphatic heterocycles. The van der Waals surface area contributed by atoms with Gasteiger partial charge >= 0.3 is 6.03 Å². The molecule has 3 N–H and O–H groups in total. The fourth-order valence-electron chi connectivity index (χ4n) is 1.49. The predicted molar refractivity (Wildman–Crippen MR) is 44.6 cm³/mol. The zero-order valence-electron chi connectivity index (χ0n) is 8.14. The van der Waals surface area contributed by atoms with Crippen LogP contribution >= 0.6 is 0 Å². The van der Waals surface area contributed by atoms with E-state index in [-0.39, 0.29) is 13.5 Å². The van der Waals surface area contributed by atoms with Gasteiger partial charge in [0.05, 0.1) is 0 Å². The molecule has 2 unspecified atom stereocenters. The Bertz CT molecular complexity index is 216.